The van der Waals surface area contributed by atoms with Crippen LogP contribution in [0.3, 0.4) is 0 Å². The van der Waals surface area contributed by atoms with Gasteiger partial charge in [-0.05, 0) is 31.9 Å². The van der Waals surface area contributed by atoms with Gasteiger partial charge >= 0.3 is 0 Å². The van der Waals surface area contributed by atoms with E-state index < -0.39 is 10.0 Å². The van der Waals surface area contributed by atoms with Crippen molar-refractivity contribution in [1.82, 2.24) is 9.29 Å². The monoisotopic (exact) mass is 240 g/mol. The highest BCUT2D eigenvalue weighted by molar-refractivity contribution is 7.89. The van der Waals surface area contributed by atoms with Gasteiger partial charge in [0.15, 0.2) is 0 Å². The van der Waals surface area contributed by atoms with E-state index in [-0.39, 0.29) is 5.75 Å². The topological polar surface area (TPSA) is 50.3 Å². The van der Waals surface area contributed by atoms with Crippen molar-refractivity contribution in [2.75, 3.05) is 12.3 Å². The normalized spacial score (nSPS) is 20.8. The van der Waals surface area contributed by atoms with Crippen molar-refractivity contribution in [2.45, 2.75) is 26.3 Å². The van der Waals surface area contributed by atoms with Crippen LogP contribution in [-0.4, -0.2) is 30.0 Å². The molecule has 1 aliphatic rings. The zero-order valence-corrected chi connectivity index (χ0v) is 10.2. The highest BCUT2D eigenvalue weighted by atomic mass is 32.2. The molecule has 4 nitrogen and oxygen atoms in total. The highest BCUT2D eigenvalue weighted by Gasteiger charge is 2.25. The predicted molar refractivity (Wildman–Crippen MR) is 62.4 cm³/mol. The highest BCUT2D eigenvalue weighted by Crippen LogP contribution is 2.16. The molecule has 0 aliphatic carbocycles. The largest absolute Gasteiger partial charge is 0.257 e. The fourth-order valence-corrected chi connectivity index (χ4v) is 3.45. The Morgan fingerprint density at radius 3 is 2.88 bits per heavy atom. The molecule has 16 heavy (non-hydrogen) atoms. The Bertz CT molecular complexity index is 471. The van der Waals surface area contributed by atoms with Crippen LogP contribution in [0.15, 0.2) is 18.2 Å². The molecule has 0 unspecified atom stereocenters. The van der Waals surface area contributed by atoms with Crippen molar-refractivity contribution < 1.29 is 8.42 Å². The molecule has 1 saturated heterocycles. The lowest BCUT2D eigenvalue weighted by molar-refractivity contribution is 0.375. The molecule has 0 amide bonds. The van der Waals surface area contributed by atoms with Crippen LogP contribution < -0.4 is 0 Å². The van der Waals surface area contributed by atoms with Crippen molar-refractivity contribution in [1.29, 1.82) is 0 Å². The number of sulfonamides is 1. The molecule has 1 aromatic heterocycles. The smallest absolute Gasteiger partial charge is 0.214 e. The zero-order chi connectivity index (χ0) is 11.6. The Labute approximate surface area is 96.4 Å². The molecule has 0 saturated carbocycles. The van der Waals surface area contributed by atoms with Crippen LogP contribution >= 0.6 is 0 Å². The predicted octanol–water partition coefficient (Wildman–Crippen LogP) is 1.32. The van der Waals surface area contributed by atoms with E-state index in [0.29, 0.717) is 13.1 Å². The second-order valence-electron chi connectivity index (χ2n) is 4.13. The van der Waals surface area contributed by atoms with Crippen molar-refractivity contribution in [3.8, 4) is 0 Å². The molecule has 0 atom stereocenters. The number of hydrogen-bond acceptors (Lipinski definition) is 3. The van der Waals surface area contributed by atoms with Gasteiger partial charge in [0.05, 0.1) is 18.0 Å². The molecule has 1 fully saturated rings. The Morgan fingerprint density at radius 1 is 1.38 bits per heavy atom. The molecule has 88 valence electrons. The molecule has 2 heterocycles. The van der Waals surface area contributed by atoms with Gasteiger partial charge in [-0.1, -0.05) is 6.07 Å². The Morgan fingerprint density at radius 2 is 2.19 bits per heavy atom. The SMILES string of the molecule is Cc1cccc(CN2CCCCS2(=O)=O)n1. The number of aryl methyl sites for hydroxylation is 1. The van der Waals surface area contributed by atoms with E-state index in [1.54, 1.807) is 0 Å². The van der Waals surface area contributed by atoms with E-state index in [1.165, 1.54) is 4.31 Å². The second kappa shape index (κ2) is 4.51. The Kier molecular flexibility index (Phi) is 3.25. The molecule has 2 rings (SSSR count). The lowest BCUT2D eigenvalue weighted by atomic mass is 10.3. The van der Waals surface area contributed by atoms with Gasteiger partial charge in [0.25, 0.3) is 0 Å². The lowest BCUT2D eigenvalue weighted by Gasteiger charge is -2.25. The van der Waals surface area contributed by atoms with Crippen LogP contribution in [0.1, 0.15) is 24.2 Å². The third kappa shape index (κ3) is 2.59. The van der Waals surface area contributed by atoms with Gasteiger partial charge in [-0.15, -0.1) is 0 Å². The summed E-state index contributed by atoms with van der Waals surface area (Å²) in [6.45, 7) is 2.94. The molecule has 0 aromatic carbocycles. The molecule has 0 bridgehead atoms. The van der Waals surface area contributed by atoms with E-state index in [9.17, 15) is 8.42 Å². The van der Waals surface area contributed by atoms with Gasteiger partial charge in [0.1, 0.15) is 0 Å². The first-order chi connectivity index (χ1) is 7.58. The maximum atomic E-state index is 11.8. The number of rotatable bonds is 2. The van der Waals surface area contributed by atoms with E-state index >= 15 is 0 Å². The summed E-state index contributed by atoms with van der Waals surface area (Å²) in [5.74, 6) is 0.277. The van der Waals surface area contributed by atoms with Crippen LogP contribution in [-0.2, 0) is 16.6 Å². The number of nitrogens with zero attached hydrogens (tertiary/aromatic N) is 2. The first kappa shape index (κ1) is 11.5. The van der Waals surface area contributed by atoms with E-state index in [0.717, 1.165) is 24.2 Å². The Balaban J connectivity index is 2.15. The zero-order valence-electron chi connectivity index (χ0n) is 9.39. The quantitative estimate of drug-likeness (QED) is 0.783. The van der Waals surface area contributed by atoms with Crippen LogP contribution in [0.2, 0.25) is 0 Å². The summed E-state index contributed by atoms with van der Waals surface area (Å²) in [5.41, 5.74) is 1.75. The minimum Gasteiger partial charge on any atom is -0.257 e. The molecule has 0 radical (unpaired) electrons. The minimum absolute atomic E-state index is 0.277. The minimum atomic E-state index is -3.04. The Hall–Kier alpha value is -0.940. The van der Waals surface area contributed by atoms with E-state index in [2.05, 4.69) is 4.98 Å². The summed E-state index contributed by atoms with van der Waals surface area (Å²) >= 11 is 0. The van der Waals surface area contributed by atoms with Gasteiger partial charge in [0.2, 0.25) is 10.0 Å². The summed E-state index contributed by atoms with van der Waals surface area (Å²) in [6, 6.07) is 5.69. The summed E-state index contributed by atoms with van der Waals surface area (Å²) in [6.07, 6.45) is 1.73. The second-order valence-corrected chi connectivity index (χ2v) is 6.22. The number of aromatic nitrogens is 1. The van der Waals surface area contributed by atoms with E-state index in [1.807, 2.05) is 25.1 Å². The summed E-state index contributed by atoms with van der Waals surface area (Å²) in [5, 5.41) is 0. The van der Waals surface area contributed by atoms with Gasteiger partial charge in [-0.25, -0.2) is 8.42 Å². The van der Waals surface area contributed by atoms with Crippen LogP contribution in [0, 0.1) is 6.92 Å². The third-order valence-corrected chi connectivity index (χ3v) is 4.64. The maximum absolute atomic E-state index is 11.8. The standard InChI is InChI=1S/C11H16N2O2S/c1-10-5-4-6-11(12-10)9-13-7-2-3-8-16(13,14)15/h4-6H,2-3,7-9H2,1H3. The molecular formula is C11H16N2O2S. The molecule has 0 spiro atoms. The summed E-state index contributed by atoms with van der Waals surface area (Å²) in [4.78, 5) is 4.33. The first-order valence-corrected chi connectivity index (χ1v) is 7.09. The van der Waals surface area contributed by atoms with Gasteiger partial charge in [-0.2, -0.15) is 4.31 Å². The van der Waals surface area contributed by atoms with Crippen molar-refractivity contribution >= 4 is 10.0 Å². The molecule has 0 N–H and O–H groups in total. The van der Waals surface area contributed by atoms with Crippen molar-refractivity contribution in [3.63, 3.8) is 0 Å². The fraction of sp³-hybridized carbons (Fsp3) is 0.545. The molecular weight excluding hydrogens is 224 g/mol. The maximum Gasteiger partial charge on any atom is 0.214 e. The number of pyridine rings is 1. The van der Waals surface area contributed by atoms with Crippen molar-refractivity contribution in [2.24, 2.45) is 0 Å². The van der Waals surface area contributed by atoms with Crippen molar-refractivity contribution in [3.05, 3.63) is 29.6 Å². The molecule has 1 aromatic rings. The summed E-state index contributed by atoms with van der Waals surface area (Å²) < 4.78 is 25.1. The van der Waals surface area contributed by atoms with Crippen LogP contribution in [0.4, 0.5) is 0 Å². The fourth-order valence-electron chi connectivity index (χ4n) is 1.89. The van der Waals surface area contributed by atoms with Gasteiger partial charge in [0, 0.05) is 12.2 Å². The van der Waals surface area contributed by atoms with E-state index in [4.69, 9.17) is 0 Å². The number of hydrogen-bond donors (Lipinski definition) is 0. The van der Waals surface area contributed by atoms with Crippen LogP contribution in [0.25, 0.3) is 0 Å². The molecule has 5 heteroatoms. The molecule has 1 aliphatic heterocycles. The average Bonchev–Trinajstić information content (AvgIpc) is 2.21. The third-order valence-electron chi connectivity index (χ3n) is 2.74. The van der Waals surface area contributed by atoms with Gasteiger partial charge in [-0.3, -0.25) is 4.98 Å². The average molecular weight is 240 g/mol. The van der Waals surface area contributed by atoms with Gasteiger partial charge < -0.3 is 0 Å². The lowest BCUT2D eigenvalue weighted by Crippen LogP contribution is -2.37. The van der Waals surface area contributed by atoms with Crippen LogP contribution in [0.5, 0.6) is 0 Å². The summed E-state index contributed by atoms with van der Waals surface area (Å²) in [7, 11) is -3.04. The first-order valence-electron chi connectivity index (χ1n) is 5.48.